The van der Waals surface area contributed by atoms with Gasteiger partial charge in [0.2, 0.25) is 0 Å². The number of carbonyl (C=O) groups is 2. The molecule has 5 nitrogen and oxygen atoms in total. The SMILES string of the molecule is CC1=CC(=O)N(CC(N)C(C)O)C1=O. The van der Waals surface area contributed by atoms with E-state index in [9.17, 15) is 9.59 Å². The molecule has 0 aromatic heterocycles. The second-order valence-corrected chi connectivity index (χ2v) is 3.49. The van der Waals surface area contributed by atoms with Gasteiger partial charge < -0.3 is 10.8 Å². The molecule has 0 aromatic rings. The fourth-order valence-corrected chi connectivity index (χ4v) is 1.17. The van der Waals surface area contributed by atoms with E-state index >= 15 is 0 Å². The summed E-state index contributed by atoms with van der Waals surface area (Å²) in [6, 6.07) is -0.595. The van der Waals surface area contributed by atoms with Gasteiger partial charge in [0.1, 0.15) is 0 Å². The highest BCUT2D eigenvalue weighted by Gasteiger charge is 2.30. The zero-order valence-electron chi connectivity index (χ0n) is 8.23. The van der Waals surface area contributed by atoms with Crippen molar-refractivity contribution in [1.29, 1.82) is 0 Å². The van der Waals surface area contributed by atoms with Crippen molar-refractivity contribution in [3.63, 3.8) is 0 Å². The van der Waals surface area contributed by atoms with Gasteiger partial charge in [0.15, 0.2) is 0 Å². The average molecular weight is 198 g/mol. The molecule has 0 fully saturated rings. The van der Waals surface area contributed by atoms with Crippen LogP contribution in [0.4, 0.5) is 0 Å². The number of nitrogens with two attached hydrogens (primary N) is 1. The number of hydrogen-bond donors (Lipinski definition) is 2. The van der Waals surface area contributed by atoms with Gasteiger partial charge in [-0.05, 0) is 13.8 Å². The fraction of sp³-hybridized carbons (Fsp3) is 0.556. The zero-order valence-corrected chi connectivity index (χ0v) is 8.23. The molecule has 1 aliphatic rings. The molecule has 1 rings (SSSR count). The molecule has 1 aliphatic heterocycles. The maximum Gasteiger partial charge on any atom is 0.256 e. The maximum atomic E-state index is 11.4. The molecule has 0 aliphatic carbocycles. The predicted octanol–water partition coefficient (Wildman–Crippen LogP) is -0.990. The highest BCUT2D eigenvalue weighted by atomic mass is 16.3. The number of nitrogens with zero attached hydrogens (tertiary/aromatic N) is 1. The van der Waals surface area contributed by atoms with Crippen molar-refractivity contribution >= 4 is 11.8 Å². The molecule has 2 unspecified atom stereocenters. The minimum absolute atomic E-state index is 0.0587. The first-order valence-corrected chi connectivity index (χ1v) is 4.41. The van der Waals surface area contributed by atoms with Crippen LogP contribution in [0.15, 0.2) is 11.6 Å². The molecule has 78 valence electrons. The van der Waals surface area contributed by atoms with Crippen molar-refractivity contribution in [2.24, 2.45) is 5.73 Å². The number of carbonyl (C=O) groups excluding carboxylic acids is 2. The van der Waals surface area contributed by atoms with E-state index in [1.54, 1.807) is 6.92 Å². The first-order chi connectivity index (χ1) is 6.43. The highest BCUT2D eigenvalue weighted by Crippen LogP contribution is 2.12. The Balaban J connectivity index is 2.64. The second kappa shape index (κ2) is 3.89. The first kappa shape index (κ1) is 10.9. The molecule has 0 saturated carbocycles. The van der Waals surface area contributed by atoms with E-state index in [2.05, 4.69) is 0 Å². The molecule has 0 bridgehead atoms. The summed E-state index contributed by atoms with van der Waals surface area (Å²) in [6.07, 6.45) is 0.536. The van der Waals surface area contributed by atoms with Gasteiger partial charge in [-0.15, -0.1) is 0 Å². The standard InChI is InChI=1S/C9H14N2O3/c1-5-3-8(13)11(9(5)14)4-7(10)6(2)12/h3,6-7,12H,4,10H2,1-2H3. The zero-order chi connectivity index (χ0) is 10.9. The Labute approximate surface area is 82.2 Å². The smallest absolute Gasteiger partial charge is 0.256 e. The van der Waals surface area contributed by atoms with Gasteiger partial charge in [-0.25, -0.2) is 0 Å². The van der Waals surface area contributed by atoms with Gasteiger partial charge in [0.05, 0.1) is 6.10 Å². The van der Waals surface area contributed by atoms with Crippen molar-refractivity contribution in [3.8, 4) is 0 Å². The summed E-state index contributed by atoms with van der Waals surface area (Å²) in [4.78, 5) is 23.7. The number of amides is 2. The van der Waals surface area contributed by atoms with Crippen molar-refractivity contribution in [2.75, 3.05) is 6.54 Å². The van der Waals surface area contributed by atoms with Crippen LogP contribution in [-0.4, -0.2) is 40.5 Å². The summed E-state index contributed by atoms with van der Waals surface area (Å²) in [5, 5.41) is 9.13. The molecule has 3 N–H and O–H groups in total. The fourth-order valence-electron chi connectivity index (χ4n) is 1.17. The van der Waals surface area contributed by atoms with Crippen LogP contribution in [-0.2, 0) is 9.59 Å². The number of rotatable bonds is 3. The Bertz CT molecular complexity index is 296. The van der Waals surface area contributed by atoms with Gasteiger partial charge in [-0.3, -0.25) is 14.5 Å². The molecule has 0 spiro atoms. The third-order valence-electron chi connectivity index (χ3n) is 2.20. The molecule has 0 radical (unpaired) electrons. The summed E-state index contributed by atoms with van der Waals surface area (Å²) in [5.41, 5.74) is 5.96. The third kappa shape index (κ3) is 2.00. The second-order valence-electron chi connectivity index (χ2n) is 3.49. The minimum Gasteiger partial charge on any atom is -0.392 e. The van der Waals surface area contributed by atoms with Crippen LogP contribution in [0.5, 0.6) is 0 Å². The summed E-state index contributed by atoms with van der Waals surface area (Å²) < 4.78 is 0. The summed E-state index contributed by atoms with van der Waals surface area (Å²) >= 11 is 0. The van der Waals surface area contributed by atoms with Crippen LogP contribution >= 0.6 is 0 Å². The Hall–Kier alpha value is -1.20. The van der Waals surface area contributed by atoms with Crippen molar-refractivity contribution in [3.05, 3.63) is 11.6 Å². The third-order valence-corrected chi connectivity index (χ3v) is 2.20. The number of hydrogen-bond acceptors (Lipinski definition) is 4. The van der Waals surface area contributed by atoms with Crippen LogP contribution in [0.1, 0.15) is 13.8 Å². The van der Waals surface area contributed by atoms with Crippen molar-refractivity contribution < 1.29 is 14.7 Å². The van der Waals surface area contributed by atoms with Gasteiger partial charge in [-0.2, -0.15) is 0 Å². The Morgan fingerprint density at radius 1 is 1.57 bits per heavy atom. The van der Waals surface area contributed by atoms with E-state index in [1.165, 1.54) is 13.0 Å². The van der Waals surface area contributed by atoms with E-state index in [-0.39, 0.29) is 18.4 Å². The Morgan fingerprint density at radius 2 is 2.14 bits per heavy atom. The van der Waals surface area contributed by atoms with E-state index < -0.39 is 12.1 Å². The summed E-state index contributed by atoms with van der Waals surface area (Å²) in [5.74, 6) is -0.685. The van der Waals surface area contributed by atoms with Gasteiger partial charge >= 0.3 is 0 Å². The minimum atomic E-state index is -0.739. The maximum absolute atomic E-state index is 11.4. The lowest BCUT2D eigenvalue weighted by Gasteiger charge is -2.21. The largest absolute Gasteiger partial charge is 0.392 e. The van der Waals surface area contributed by atoms with E-state index in [0.29, 0.717) is 5.57 Å². The van der Waals surface area contributed by atoms with Gasteiger partial charge in [-0.1, -0.05) is 0 Å². The number of aliphatic hydroxyl groups is 1. The molecular weight excluding hydrogens is 184 g/mol. The Kier molecular flexibility index (Phi) is 3.03. The summed E-state index contributed by atoms with van der Waals surface area (Å²) in [6.45, 7) is 3.16. The van der Waals surface area contributed by atoms with Crippen LogP contribution < -0.4 is 5.73 Å². The normalized spacial score (nSPS) is 21.1. The lowest BCUT2D eigenvalue weighted by atomic mass is 10.2. The molecule has 5 heteroatoms. The lowest BCUT2D eigenvalue weighted by molar-refractivity contribution is -0.137. The van der Waals surface area contributed by atoms with Crippen molar-refractivity contribution in [1.82, 2.24) is 4.90 Å². The topological polar surface area (TPSA) is 83.6 Å². The molecule has 2 atom stereocenters. The van der Waals surface area contributed by atoms with E-state index in [4.69, 9.17) is 10.8 Å². The Morgan fingerprint density at radius 3 is 2.50 bits per heavy atom. The first-order valence-electron chi connectivity index (χ1n) is 4.41. The van der Waals surface area contributed by atoms with Crippen molar-refractivity contribution in [2.45, 2.75) is 26.0 Å². The molecule has 14 heavy (non-hydrogen) atoms. The number of imide groups is 1. The van der Waals surface area contributed by atoms with Gasteiger partial charge in [0, 0.05) is 24.2 Å². The lowest BCUT2D eigenvalue weighted by Crippen LogP contribution is -2.46. The molecular formula is C9H14N2O3. The van der Waals surface area contributed by atoms with E-state index in [0.717, 1.165) is 4.90 Å². The highest BCUT2D eigenvalue weighted by molar-refractivity contribution is 6.15. The van der Waals surface area contributed by atoms with Crippen LogP contribution in [0, 0.1) is 0 Å². The van der Waals surface area contributed by atoms with E-state index in [1.807, 2.05) is 0 Å². The monoisotopic (exact) mass is 198 g/mol. The number of aliphatic hydroxyl groups excluding tert-OH is 1. The van der Waals surface area contributed by atoms with Gasteiger partial charge in [0.25, 0.3) is 11.8 Å². The van der Waals surface area contributed by atoms with Crippen LogP contribution in [0.2, 0.25) is 0 Å². The quantitative estimate of drug-likeness (QED) is 0.570. The molecule has 0 saturated heterocycles. The molecule has 1 heterocycles. The molecule has 0 aromatic carbocycles. The predicted molar refractivity (Wildman–Crippen MR) is 50.1 cm³/mol. The van der Waals surface area contributed by atoms with Crippen LogP contribution in [0.3, 0.4) is 0 Å². The summed E-state index contributed by atoms with van der Waals surface area (Å²) in [7, 11) is 0. The molecule has 2 amide bonds. The van der Waals surface area contributed by atoms with Crippen LogP contribution in [0.25, 0.3) is 0 Å². The average Bonchev–Trinajstić information content (AvgIpc) is 2.32.